The highest BCUT2D eigenvalue weighted by atomic mass is 79.9. The van der Waals surface area contributed by atoms with E-state index in [1.165, 1.54) is 14.9 Å². The van der Waals surface area contributed by atoms with E-state index in [-0.39, 0.29) is 6.04 Å². The van der Waals surface area contributed by atoms with Crippen LogP contribution in [-0.2, 0) is 0 Å². The summed E-state index contributed by atoms with van der Waals surface area (Å²) in [4.78, 5) is 5.37. The first-order valence-corrected chi connectivity index (χ1v) is 6.86. The van der Waals surface area contributed by atoms with E-state index < -0.39 is 0 Å². The van der Waals surface area contributed by atoms with Crippen molar-refractivity contribution in [2.75, 3.05) is 6.54 Å². The van der Waals surface area contributed by atoms with Crippen LogP contribution in [0.2, 0.25) is 0 Å². The van der Waals surface area contributed by atoms with Crippen molar-refractivity contribution < 1.29 is 0 Å². The molecule has 0 fully saturated rings. The lowest BCUT2D eigenvalue weighted by Gasteiger charge is -2.17. The van der Waals surface area contributed by atoms with Crippen LogP contribution in [0, 0.1) is 0 Å². The molecule has 1 atom stereocenters. The number of hydrogen-bond donors (Lipinski definition) is 1. The average Bonchev–Trinajstić information content (AvgIpc) is 2.73. The van der Waals surface area contributed by atoms with Crippen molar-refractivity contribution in [3.05, 3.63) is 50.9 Å². The summed E-state index contributed by atoms with van der Waals surface area (Å²) in [5, 5.41) is 5.60. The molecule has 2 aromatic heterocycles. The van der Waals surface area contributed by atoms with Gasteiger partial charge in [0.05, 0.1) is 6.04 Å². The fourth-order valence-corrected chi connectivity index (χ4v) is 3.34. The second-order valence-corrected chi connectivity index (χ2v) is 5.21. The molecule has 0 radical (unpaired) electrons. The zero-order valence-corrected chi connectivity index (χ0v) is 11.4. The first kappa shape index (κ1) is 11.8. The second-order valence-electron chi connectivity index (χ2n) is 3.40. The molecule has 16 heavy (non-hydrogen) atoms. The Morgan fingerprint density at radius 2 is 2.12 bits per heavy atom. The first-order valence-electron chi connectivity index (χ1n) is 5.19. The first-order chi connectivity index (χ1) is 7.83. The summed E-state index contributed by atoms with van der Waals surface area (Å²) in [7, 11) is 0. The number of aromatic nitrogens is 1. The number of nitrogens with zero attached hydrogens (tertiary/aromatic N) is 1. The largest absolute Gasteiger partial charge is 0.306 e. The molecule has 84 valence electrons. The molecule has 4 heteroatoms. The molecule has 2 heterocycles. The number of pyridine rings is 1. The molecule has 0 spiro atoms. The SMILES string of the molecule is CCNC(c1ccncc1)c1sccc1Br. The van der Waals surface area contributed by atoms with Crippen molar-refractivity contribution in [3.8, 4) is 0 Å². The van der Waals surface area contributed by atoms with Gasteiger partial charge in [-0.1, -0.05) is 6.92 Å². The smallest absolute Gasteiger partial charge is 0.0683 e. The monoisotopic (exact) mass is 296 g/mol. The van der Waals surface area contributed by atoms with Gasteiger partial charge in [-0.2, -0.15) is 0 Å². The quantitative estimate of drug-likeness (QED) is 0.932. The minimum atomic E-state index is 0.252. The van der Waals surface area contributed by atoms with E-state index in [4.69, 9.17) is 0 Å². The van der Waals surface area contributed by atoms with Crippen molar-refractivity contribution in [2.24, 2.45) is 0 Å². The molecule has 0 saturated heterocycles. The molecule has 0 aromatic carbocycles. The molecule has 0 aliphatic rings. The maximum atomic E-state index is 4.06. The summed E-state index contributed by atoms with van der Waals surface area (Å²) in [5.74, 6) is 0. The molecule has 0 bridgehead atoms. The van der Waals surface area contributed by atoms with Gasteiger partial charge in [0.1, 0.15) is 0 Å². The van der Waals surface area contributed by atoms with Gasteiger partial charge < -0.3 is 5.32 Å². The van der Waals surface area contributed by atoms with Crippen LogP contribution in [-0.4, -0.2) is 11.5 Å². The molecule has 1 N–H and O–H groups in total. The third kappa shape index (κ3) is 2.51. The number of nitrogens with one attached hydrogen (secondary N) is 1. The number of halogens is 1. The molecule has 0 saturated carbocycles. The molecule has 0 aliphatic heterocycles. The summed E-state index contributed by atoms with van der Waals surface area (Å²) in [6.07, 6.45) is 3.67. The minimum Gasteiger partial charge on any atom is -0.306 e. The van der Waals surface area contributed by atoms with Gasteiger partial charge in [0, 0.05) is 21.7 Å². The third-order valence-corrected chi connectivity index (χ3v) is 4.29. The summed E-state index contributed by atoms with van der Waals surface area (Å²) < 4.78 is 1.17. The lowest BCUT2D eigenvalue weighted by atomic mass is 10.1. The van der Waals surface area contributed by atoms with E-state index in [1.54, 1.807) is 11.3 Å². The van der Waals surface area contributed by atoms with E-state index >= 15 is 0 Å². The molecule has 0 aliphatic carbocycles. The van der Waals surface area contributed by atoms with Gasteiger partial charge in [0.25, 0.3) is 0 Å². The Bertz CT molecular complexity index is 441. The lowest BCUT2D eigenvalue weighted by molar-refractivity contribution is 0.637. The highest BCUT2D eigenvalue weighted by Crippen LogP contribution is 2.32. The Balaban J connectivity index is 2.35. The zero-order valence-electron chi connectivity index (χ0n) is 8.98. The van der Waals surface area contributed by atoms with Crippen molar-refractivity contribution in [3.63, 3.8) is 0 Å². The van der Waals surface area contributed by atoms with E-state index in [0.29, 0.717) is 0 Å². The third-order valence-electron chi connectivity index (χ3n) is 2.35. The van der Waals surface area contributed by atoms with Crippen LogP contribution in [0.1, 0.15) is 23.4 Å². The van der Waals surface area contributed by atoms with Crippen LogP contribution < -0.4 is 5.32 Å². The van der Waals surface area contributed by atoms with Crippen LogP contribution in [0.15, 0.2) is 40.4 Å². The normalized spacial score (nSPS) is 12.6. The van der Waals surface area contributed by atoms with Crippen LogP contribution in [0.5, 0.6) is 0 Å². The van der Waals surface area contributed by atoms with Gasteiger partial charge in [-0.25, -0.2) is 0 Å². The average molecular weight is 297 g/mol. The van der Waals surface area contributed by atoms with E-state index in [1.807, 2.05) is 12.4 Å². The molecule has 2 aromatic rings. The Morgan fingerprint density at radius 1 is 1.38 bits per heavy atom. The van der Waals surface area contributed by atoms with Crippen LogP contribution in [0.3, 0.4) is 0 Å². The topological polar surface area (TPSA) is 24.9 Å². The number of hydrogen-bond acceptors (Lipinski definition) is 3. The summed E-state index contributed by atoms with van der Waals surface area (Å²) in [6, 6.07) is 6.45. The zero-order chi connectivity index (χ0) is 11.4. The van der Waals surface area contributed by atoms with Gasteiger partial charge in [-0.05, 0) is 51.6 Å². The minimum absolute atomic E-state index is 0.252. The summed E-state index contributed by atoms with van der Waals surface area (Å²) >= 11 is 5.35. The van der Waals surface area contributed by atoms with Crippen LogP contribution in [0.4, 0.5) is 0 Å². The predicted octanol–water partition coefficient (Wildman–Crippen LogP) is 3.60. The van der Waals surface area contributed by atoms with Gasteiger partial charge in [-0.3, -0.25) is 4.98 Å². The molecule has 2 rings (SSSR count). The van der Waals surface area contributed by atoms with E-state index in [0.717, 1.165) is 6.54 Å². The molecule has 0 amide bonds. The fraction of sp³-hybridized carbons (Fsp3) is 0.250. The number of rotatable bonds is 4. The standard InChI is InChI=1S/C12H13BrN2S/c1-2-15-11(9-3-6-14-7-4-9)12-10(13)5-8-16-12/h3-8,11,15H,2H2,1H3. The highest BCUT2D eigenvalue weighted by molar-refractivity contribution is 9.10. The molecular formula is C12H13BrN2S. The second kappa shape index (κ2) is 5.57. The fourth-order valence-electron chi connectivity index (χ4n) is 1.63. The Kier molecular flexibility index (Phi) is 4.09. The van der Waals surface area contributed by atoms with Crippen molar-refractivity contribution >= 4 is 27.3 Å². The summed E-state index contributed by atoms with van der Waals surface area (Å²) in [6.45, 7) is 3.06. The van der Waals surface area contributed by atoms with E-state index in [2.05, 4.69) is 56.7 Å². The van der Waals surface area contributed by atoms with Gasteiger partial charge in [-0.15, -0.1) is 11.3 Å². The molecular weight excluding hydrogens is 284 g/mol. The lowest BCUT2D eigenvalue weighted by Crippen LogP contribution is -2.21. The van der Waals surface area contributed by atoms with Gasteiger partial charge in [0.15, 0.2) is 0 Å². The number of thiophene rings is 1. The molecule has 1 unspecified atom stereocenters. The van der Waals surface area contributed by atoms with Crippen LogP contribution >= 0.6 is 27.3 Å². The van der Waals surface area contributed by atoms with Gasteiger partial charge in [0.2, 0.25) is 0 Å². The Labute approximate surface area is 108 Å². The molecule has 2 nitrogen and oxygen atoms in total. The van der Waals surface area contributed by atoms with Crippen molar-refractivity contribution in [1.29, 1.82) is 0 Å². The van der Waals surface area contributed by atoms with Crippen molar-refractivity contribution in [2.45, 2.75) is 13.0 Å². The maximum absolute atomic E-state index is 4.06. The Morgan fingerprint density at radius 3 is 2.69 bits per heavy atom. The summed E-state index contributed by atoms with van der Waals surface area (Å²) in [5.41, 5.74) is 1.25. The van der Waals surface area contributed by atoms with Crippen molar-refractivity contribution in [1.82, 2.24) is 10.3 Å². The van der Waals surface area contributed by atoms with E-state index in [9.17, 15) is 0 Å². The maximum Gasteiger partial charge on any atom is 0.0683 e. The highest BCUT2D eigenvalue weighted by Gasteiger charge is 2.16. The van der Waals surface area contributed by atoms with Gasteiger partial charge >= 0.3 is 0 Å². The Hall–Kier alpha value is -0.710. The van der Waals surface area contributed by atoms with Crippen LogP contribution in [0.25, 0.3) is 0 Å². The predicted molar refractivity (Wildman–Crippen MR) is 71.8 cm³/mol.